The summed E-state index contributed by atoms with van der Waals surface area (Å²) in [4.78, 5) is 16.3. The van der Waals surface area contributed by atoms with Gasteiger partial charge in [-0.1, -0.05) is 18.2 Å². The number of rotatable bonds is 6. The summed E-state index contributed by atoms with van der Waals surface area (Å²) in [5, 5.41) is 11.7. The standard InChI is InChI=1S/C20H19NO5/c1-13-17-12-15(26-14-6-4-3-5-7-14)8-9-16(17)19(22)18(21-13)20(23)25-11-10-24-2/h3-9,12,22H,10-11H2,1-2H3. The molecular weight excluding hydrogens is 334 g/mol. The number of para-hydroxylation sites is 1. The molecule has 0 aliphatic heterocycles. The molecule has 6 heteroatoms. The van der Waals surface area contributed by atoms with Gasteiger partial charge >= 0.3 is 5.97 Å². The summed E-state index contributed by atoms with van der Waals surface area (Å²) >= 11 is 0. The van der Waals surface area contributed by atoms with Crippen molar-refractivity contribution in [3.63, 3.8) is 0 Å². The number of aromatic hydroxyl groups is 1. The number of benzene rings is 2. The second-order valence-electron chi connectivity index (χ2n) is 5.65. The van der Waals surface area contributed by atoms with Crippen LogP contribution < -0.4 is 4.74 Å². The molecule has 6 nitrogen and oxygen atoms in total. The fourth-order valence-electron chi connectivity index (χ4n) is 2.55. The summed E-state index contributed by atoms with van der Waals surface area (Å²) in [5.41, 5.74) is 0.484. The Morgan fingerprint density at radius 1 is 1.04 bits per heavy atom. The second kappa shape index (κ2) is 7.84. The van der Waals surface area contributed by atoms with Gasteiger partial charge in [0, 0.05) is 23.6 Å². The highest BCUT2D eigenvalue weighted by molar-refractivity contribution is 6.00. The van der Waals surface area contributed by atoms with Crippen molar-refractivity contribution in [2.45, 2.75) is 6.92 Å². The normalized spacial score (nSPS) is 10.7. The van der Waals surface area contributed by atoms with Gasteiger partial charge in [-0.2, -0.15) is 0 Å². The lowest BCUT2D eigenvalue weighted by molar-refractivity contribution is 0.0378. The maximum atomic E-state index is 12.1. The predicted octanol–water partition coefficient (Wildman–Crippen LogP) is 3.84. The van der Waals surface area contributed by atoms with Crippen molar-refractivity contribution in [1.29, 1.82) is 0 Å². The molecule has 1 heterocycles. The highest BCUT2D eigenvalue weighted by atomic mass is 16.6. The Balaban J connectivity index is 1.92. The number of ether oxygens (including phenoxy) is 3. The van der Waals surface area contributed by atoms with Crippen molar-refractivity contribution in [3.05, 3.63) is 59.9 Å². The first-order valence-electron chi connectivity index (χ1n) is 8.12. The van der Waals surface area contributed by atoms with Crippen LogP contribution in [0.2, 0.25) is 0 Å². The summed E-state index contributed by atoms with van der Waals surface area (Å²) in [7, 11) is 1.51. The quantitative estimate of drug-likeness (QED) is 0.536. The Labute approximate surface area is 151 Å². The third-order valence-corrected chi connectivity index (χ3v) is 3.83. The third kappa shape index (κ3) is 3.75. The minimum atomic E-state index is -0.686. The van der Waals surface area contributed by atoms with Gasteiger partial charge in [-0.15, -0.1) is 0 Å². The van der Waals surface area contributed by atoms with Gasteiger partial charge in [0.2, 0.25) is 0 Å². The number of carbonyl (C=O) groups is 1. The highest BCUT2D eigenvalue weighted by Crippen LogP contribution is 2.33. The number of hydrogen-bond acceptors (Lipinski definition) is 6. The molecule has 0 saturated heterocycles. The van der Waals surface area contributed by atoms with E-state index in [1.165, 1.54) is 7.11 Å². The van der Waals surface area contributed by atoms with Gasteiger partial charge in [-0.25, -0.2) is 9.78 Å². The lowest BCUT2D eigenvalue weighted by Gasteiger charge is -2.12. The molecule has 2 aromatic carbocycles. The van der Waals surface area contributed by atoms with Crippen LogP contribution in [0.3, 0.4) is 0 Å². The number of aryl methyl sites for hydroxylation is 1. The van der Waals surface area contributed by atoms with E-state index in [-0.39, 0.29) is 24.7 Å². The molecule has 0 unspecified atom stereocenters. The van der Waals surface area contributed by atoms with Gasteiger partial charge in [0.05, 0.1) is 6.61 Å². The van der Waals surface area contributed by atoms with E-state index in [1.807, 2.05) is 30.3 Å². The van der Waals surface area contributed by atoms with Gasteiger partial charge in [0.25, 0.3) is 0 Å². The number of hydrogen-bond donors (Lipinski definition) is 1. The zero-order valence-electron chi connectivity index (χ0n) is 14.6. The Morgan fingerprint density at radius 3 is 2.54 bits per heavy atom. The van der Waals surface area contributed by atoms with Crippen LogP contribution in [-0.2, 0) is 9.47 Å². The zero-order chi connectivity index (χ0) is 18.5. The van der Waals surface area contributed by atoms with Crippen LogP contribution in [0.25, 0.3) is 10.8 Å². The number of methoxy groups -OCH3 is 1. The number of esters is 1. The first kappa shape index (κ1) is 17.7. The zero-order valence-corrected chi connectivity index (χ0v) is 14.6. The lowest BCUT2D eigenvalue weighted by Crippen LogP contribution is -2.12. The third-order valence-electron chi connectivity index (χ3n) is 3.83. The molecule has 0 saturated carbocycles. The van der Waals surface area contributed by atoms with Crippen LogP contribution in [0.1, 0.15) is 16.2 Å². The molecule has 3 aromatic rings. The number of pyridine rings is 1. The smallest absolute Gasteiger partial charge is 0.360 e. The van der Waals surface area contributed by atoms with Gasteiger partial charge < -0.3 is 19.3 Å². The molecule has 1 aromatic heterocycles. The van der Waals surface area contributed by atoms with Crippen LogP contribution in [0.5, 0.6) is 17.2 Å². The van der Waals surface area contributed by atoms with E-state index >= 15 is 0 Å². The summed E-state index contributed by atoms with van der Waals surface area (Å²) in [6.45, 7) is 2.14. The summed E-state index contributed by atoms with van der Waals surface area (Å²) < 4.78 is 15.7. The van der Waals surface area contributed by atoms with Gasteiger partial charge in [-0.05, 0) is 37.3 Å². The maximum absolute atomic E-state index is 12.1. The molecule has 0 aliphatic carbocycles. The lowest BCUT2D eigenvalue weighted by atomic mass is 10.1. The molecule has 0 aliphatic rings. The molecule has 26 heavy (non-hydrogen) atoms. The fraction of sp³-hybridized carbons (Fsp3) is 0.200. The van der Waals surface area contributed by atoms with Crippen molar-refractivity contribution < 1.29 is 24.1 Å². The van der Waals surface area contributed by atoms with Crippen molar-refractivity contribution in [2.75, 3.05) is 20.3 Å². The summed E-state index contributed by atoms with van der Waals surface area (Å²) in [6.07, 6.45) is 0. The number of aromatic nitrogens is 1. The van der Waals surface area contributed by atoms with E-state index in [4.69, 9.17) is 14.2 Å². The molecule has 134 valence electrons. The predicted molar refractivity (Wildman–Crippen MR) is 96.8 cm³/mol. The van der Waals surface area contributed by atoms with E-state index in [0.717, 1.165) is 0 Å². The van der Waals surface area contributed by atoms with Crippen molar-refractivity contribution >= 4 is 16.7 Å². The van der Waals surface area contributed by atoms with Crippen LogP contribution in [0.15, 0.2) is 48.5 Å². The van der Waals surface area contributed by atoms with E-state index < -0.39 is 5.97 Å². The van der Waals surface area contributed by atoms with E-state index in [1.54, 1.807) is 25.1 Å². The minimum Gasteiger partial charge on any atom is -0.505 e. The van der Waals surface area contributed by atoms with E-state index in [0.29, 0.717) is 28.0 Å². The number of carbonyl (C=O) groups excluding carboxylic acids is 1. The molecule has 0 fully saturated rings. The van der Waals surface area contributed by atoms with Gasteiger partial charge in [0.15, 0.2) is 11.4 Å². The average Bonchev–Trinajstić information content (AvgIpc) is 2.65. The first-order chi connectivity index (χ1) is 12.6. The molecule has 0 amide bonds. The van der Waals surface area contributed by atoms with Crippen LogP contribution in [0, 0.1) is 6.92 Å². The van der Waals surface area contributed by atoms with Crippen molar-refractivity contribution in [3.8, 4) is 17.2 Å². The highest BCUT2D eigenvalue weighted by Gasteiger charge is 2.19. The second-order valence-corrected chi connectivity index (χ2v) is 5.65. The summed E-state index contributed by atoms with van der Waals surface area (Å²) in [5.74, 6) is 0.428. The maximum Gasteiger partial charge on any atom is 0.360 e. The van der Waals surface area contributed by atoms with Crippen LogP contribution >= 0.6 is 0 Å². The average molecular weight is 353 g/mol. The first-order valence-corrected chi connectivity index (χ1v) is 8.12. The molecule has 0 spiro atoms. The number of nitrogens with zero attached hydrogens (tertiary/aromatic N) is 1. The molecule has 0 atom stereocenters. The van der Waals surface area contributed by atoms with Gasteiger partial charge in [-0.3, -0.25) is 0 Å². The molecule has 1 N–H and O–H groups in total. The minimum absolute atomic E-state index is 0.0946. The molecule has 0 radical (unpaired) electrons. The van der Waals surface area contributed by atoms with Gasteiger partial charge in [0.1, 0.15) is 18.1 Å². The molecule has 0 bridgehead atoms. The van der Waals surface area contributed by atoms with Crippen LogP contribution in [-0.4, -0.2) is 36.4 Å². The Bertz CT molecular complexity index is 924. The SMILES string of the molecule is COCCOC(=O)c1nc(C)c2cc(Oc3ccccc3)ccc2c1O. The topological polar surface area (TPSA) is 77.9 Å². The fourth-order valence-corrected chi connectivity index (χ4v) is 2.55. The van der Waals surface area contributed by atoms with Crippen LogP contribution in [0.4, 0.5) is 0 Å². The number of fused-ring (bicyclic) bond motifs is 1. The van der Waals surface area contributed by atoms with Crippen molar-refractivity contribution in [2.24, 2.45) is 0 Å². The monoisotopic (exact) mass is 353 g/mol. The summed E-state index contributed by atoms with van der Waals surface area (Å²) in [6, 6.07) is 14.6. The van der Waals surface area contributed by atoms with E-state index in [2.05, 4.69) is 4.98 Å². The van der Waals surface area contributed by atoms with Crippen molar-refractivity contribution in [1.82, 2.24) is 4.98 Å². The Morgan fingerprint density at radius 2 is 1.81 bits per heavy atom. The molecule has 3 rings (SSSR count). The van der Waals surface area contributed by atoms with E-state index in [9.17, 15) is 9.90 Å². The Hall–Kier alpha value is -3.12. The Kier molecular flexibility index (Phi) is 5.34. The molecular formula is C20H19NO5. The largest absolute Gasteiger partial charge is 0.505 e.